The fraction of sp³-hybridized carbons (Fsp3) is 0.174. The Hall–Kier alpha value is -4.38. The maximum absolute atomic E-state index is 13.6. The summed E-state index contributed by atoms with van der Waals surface area (Å²) >= 11 is 0. The second-order valence-corrected chi connectivity index (χ2v) is 11.0. The predicted molar refractivity (Wildman–Crippen MR) is 135 cm³/mol. The Morgan fingerprint density at radius 2 is 1.82 bits per heavy atom. The molecule has 0 bridgehead atoms. The van der Waals surface area contributed by atoms with Gasteiger partial charge in [0.25, 0.3) is 10.0 Å². The molecule has 212 valence electrons. The number of halogens is 3. The number of fused-ring (bicyclic) bond motifs is 1. The van der Waals surface area contributed by atoms with Crippen molar-refractivity contribution in [3.63, 3.8) is 0 Å². The number of sulfonamides is 1. The Morgan fingerprint density at radius 3 is 2.45 bits per heavy atom. The number of amides is 2. The van der Waals surface area contributed by atoms with Crippen LogP contribution in [0.2, 0.25) is 0 Å². The number of ether oxygens (including phenoxy) is 1. The monoisotopic (exact) mass is 600 g/mol. The van der Waals surface area contributed by atoms with Crippen LogP contribution in [-0.4, -0.2) is 51.6 Å². The minimum Gasteiger partial charge on any atom is -0.486 e. The molecule has 2 aromatic carbocycles. The van der Waals surface area contributed by atoms with Crippen molar-refractivity contribution in [3.05, 3.63) is 72.6 Å². The maximum Gasteiger partial charge on any atom is 0.416 e. The van der Waals surface area contributed by atoms with Crippen molar-refractivity contribution >= 4 is 50.0 Å². The van der Waals surface area contributed by atoms with Gasteiger partial charge in [-0.15, -0.1) is 0 Å². The third kappa shape index (κ3) is 6.09. The van der Waals surface area contributed by atoms with Crippen LogP contribution in [0.1, 0.15) is 12.0 Å². The molecule has 1 aliphatic heterocycles. The molecule has 0 spiro atoms. The first kappa shape index (κ1) is 28.6. The Kier molecular flexibility index (Phi) is 7.88. The van der Waals surface area contributed by atoms with Gasteiger partial charge >= 0.3 is 12.3 Å². The standard InChI is InChI=1S/C23H19F3N4O8S2/c24-23(25,26)14-2-1-3-18(10-14)40(36,37)29-13-17(38-20-5-4-15(11-19(20)29)28-22(32)33)12-21(31)30(39(34)35)16-6-8-27-9-7-16/h1-11,17,28,39H,12-13H2,(H,32,33). The van der Waals surface area contributed by atoms with Crippen molar-refractivity contribution in [1.29, 1.82) is 0 Å². The van der Waals surface area contributed by atoms with Crippen LogP contribution in [0.3, 0.4) is 0 Å². The van der Waals surface area contributed by atoms with Gasteiger partial charge in [-0.05, 0) is 48.5 Å². The van der Waals surface area contributed by atoms with E-state index in [0.717, 1.165) is 18.2 Å². The smallest absolute Gasteiger partial charge is 0.416 e. The van der Waals surface area contributed by atoms with E-state index in [9.17, 15) is 39.6 Å². The topological polar surface area (TPSA) is 163 Å². The molecule has 0 fully saturated rings. The van der Waals surface area contributed by atoms with E-state index < -0.39 is 68.6 Å². The SMILES string of the molecule is O=C(O)Nc1ccc2c(c1)N(S(=O)(=O)c1cccc(C(F)(F)F)c1)CC(CC(=O)N(c1ccncc1)[SH](=O)=O)O2. The first-order valence-electron chi connectivity index (χ1n) is 11.2. The summed E-state index contributed by atoms with van der Waals surface area (Å²) in [5.41, 5.74) is -1.53. The summed E-state index contributed by atoms with van der Waals surface area (Å²) in [5.74, 6) is -1.12. The Labute approximate surface area is 226 Å². The summed E-state index contributed by atoms with van der Waals surface area (Å²) < 4.78 is 97.8. The lowest BCUT2D eigenvalue weighted by Crippen LogP contribution is -2.46. The molecule has 12 nitrogen and oxygen atoms in total. The number of carbonyl (C=O) groups is 2. The zero-order chi connectivity index (χ0) is 29.2. The Balaban J connectivity index is 1.74. The molecule has 1 unspecified atom stereocenters. The Morgan fingerprint density at radius 1 is 1.12 bits per heavy atom. The molecule has 1 atom stereocenters. The summed E-state index contributed by atoms with van der Waals surface area (Å²) in [6.45, 7) is -0.617. The van der Waals surface area contributed by atoms with E-state index in [1.165, 1.54) is 36.7 Å². The first-order valence-corrected chi connectivity index (χ1v) is 13.7. The number of pyridine rings is 1. The number of aromatic nitrogens is 1. The molecule has 1 aliphatic rings. The van der Waals surface area contributed by atoms with Gasteiger partial charge in [-0.3, -0.25) is 19.4 Å². The van der Waals surface area contributed by atoms with E-state index >= 15 is 0 Å². The second-order valence-electron chi connectivity index (χ2n) is 8.27. The minimum absolute atomic E-state index is 0.0230. The van der Waals surface area contributed by atoms with E-state index in [-0.39, 0.29) is 22.8 Å². The van der Waals surface area contributed by atoms with E-state index in [2.05, 4.69) is 4.98 Å². The lowest BCUT2D eigenvalue weighted by molar-refractivity contribution is -0.137. The highest BCUT2D eigenvalue weighted by Crippen LogP contribution is 2.40. The third-order valence-corrected chi connectivity index (χ3v) is 8.16. The van der Waals surface area contributed by atoms with E-state index in [1.807, 2.05) is 5.32 Å². The van der Waals surface area contributed by atoms with Crippen LogP contribution in [0.4, 0.5) is 35.0 Å². The van der Waals surface area contributed by atoms with Gasteiger partial charge in [-0.1, -0.05) is 6.07 Å². The van der Waals surface area contributed by atoms with Crippen molar-refractivity contribution in [2.75, 3.05) is 20.5 Å². The van der Waals surface area contributed by atoms with E-state index in [0.29, 0.717) is 20.7 Å². The quantitative estimate of drug-likeness (QED) is 0.346. The van der Waals surface area contributed by atoms with E-state index in [1.54, 1.807) is 0 Å². The van der Waals surface area contributed by atoms with Crippen molar-refractivity contribution in [3.8, 4) is 5.75 Å². The largest absolute Gasteiger partial charge is 0.486 e. The van der Waals surface area contributed by atoms with Crippen LogP contribution in [0, 0.1) is 0 Å². The van der Waals surface area contributed by atoms with Crippen molar-refractivity contribution in [2.45, 2.75) is 23.6 Å². The number of hydrogen-bond donors (Lipinski definition) is 3. The summed E-state index contributed by atoms with van der Waals surface area (Å²) in [6, 6.07) is 9.08. The lowest BCUT2D eigenvalue weighted by Gasteiger charge is -2.36. The molecule has 4 rings (SSSR count). The third-order valence-electron chi connectivity index (χ3n) is 5.60. The number of hydrogen-bond acceptors (Lipinski definition) is 8. The van der Waals surface area contributed by atoms with Gasteiger partial charge in [0.05, 0.1) is 34.8 Å². The summed E-state index contributed by atoms with van der Waals surface area (Å²) in [6.07, 6.45) is -5.71. The van der Waals surface area contributed by atoms with Gasteiger partial charge < -0.3 is 9.84 Å². The van der Waals surface area contributed by atoms with Crippen LogP contribution in [0.5, 0.6) is 5.75 Å². The molecule has 1 aromatic heterocycles. The highest BCUT2D eigenvalue weighted by molar-refractivity contribution is 7.92. The van der Waals surface area contributed by atoms with Crippen molar-refractivity contribution < 1.29 is 49.4 Å². The summed E-state index contributed by atoms with van der Waals surface area (Å²) in [7, 11) is -8.19. The van der Waals surface area contributed by atoms with Crippen LogP contribution in [0.25, 0.3) is 0 Å². The number of anilines is 3. The van der Waals surface area contributed by atoms with Gasteiger partial charge in [0.1, 0.15) is 11.9 Å². The second kappa shape index (κ2) is 11.0. The molecular weight excluding hydrogens is 581 g/mol. The normalized spacial score (nSPS) is 15.2. The number of rotatable bonds is 7. The number of thiol groups is 1. The van der Waals surface area contributed by atoms with Crippen LogP contribution in [0.15, 0.2) is 71.9 Å². The van der Waals surface area contributed by atoms with Crippen molar-refractivity contribution in [1.82, 2.24) is 4.98 Å². The van der Waals surface area contributed by atoms with Crippen LogP contribution >= 0.6 is 0 Å². The molecule has 17 heteroatoms. The molecule has 2 amide bonds. The van der Waals surface area contributed by atoms with Crippen LogP contribution < -0.4 is 18.7 Å². The van der Waals surface area contributed by atoms with Crippen LogP contribution in [-0.2, 0) is 31.9 Å². The Bertz CT molecular complexity index is 1620. The number of nitrogens with one attached hydrogen (secondary N) is 1. The molecule has 2 heterocycles. The molecule has 0 radical (unpaired) electrons. The van der Waals surface area contributed by atoms with Crippen molar-refractivity contribution in [2.24, 2.45) is 0 Å². The highest BCUT2D eigenvalue weighted by Gasteiger charge is 2.38. The average molecular weight is 601 g/mol. The summed E-state index contributed by atoms with van der Waals surface area (Å²) in [4.78, 5) is 27.1. The molecule has 40 heavy (non-hydrogen) atoms. The number of carbonyl (C=O) groups excluding carboxylic acids is 1. The zero-order valence-electron chi connectivity index (χ0n) is 20.0. The lowest BCUT2D eigenvalue weighted by atomic mass is 10.1. The predicted octanol–water partition coefficient (Wildman–Crippen LogP) is 3.10. The number of nitrogens with zero attached hydrogens (tertiary/aromatic N) is 3. The number of benzene rings is 2. The molecule has 0 aliphatic carbocycles. The maximum atomic E-state index is 13.6. The van der Waals surface area contributed by atoms with E-state index in [4.69, 9.17) is 9.84 Å². The fourth-order valence-corrected chi connectivity index (χ4v) is 6.03. The van der Waals surface area contributed by atoms with Gasteiger partial charge in [-0.25, -0.2) is 25.9 Å². The highest BCUT2D eigenvalue weighted by atomic mass is 32.2. The van der Waals surface area contributed by atoms with Gasteiger partial charge in [0.2, 0.25) is 16.8 Å². The van der Waals surface area contributed by atoms with Gasteiger partial charge in [0, 0.05) is 18.1 Å². The number of carboxylic acid groups (broad SMARTS) is 1. The molecular formula is C23H19F3N4O8S2. The molecule has 2 N–H and O–H groups in total. The zero-order valence-corrected chi connectivity index (χ0v) is 21.7. The minimum atomic E-state index is -4.84. The van der Waals surface area contributed by atoms with Gasteiger partial charge in [-0.2, -0.15) is 13.2 Å². The van der Waals surface area contributed by atoms with Gasteiger partial charge in [0.15, 0.2) is 0 Å². The molecule has 0 saturated heterocycles. The number of alkyl halides is 3. The first-order chi connectivity index (χ1) is 18.8. The fourth-order valence-electron chi connectivity index (χ4n) is 3.90. The average Bonchev–Trinajstić information content (AvgIpc) is 2.88. The molecule has 3 aromatic rings. The molecule has 0 saturated carbocycles. The summed E-state index contributed by atoms with van der Waals surface area (Å²) in [5, 5.41) is 11.1.